The van der Waals surface area contributed by atoms with Gasteiger partial charge in [0.1, 0.15) is 24.7 Å². The van der Waals surface area contributed by atoms with Crippen molar-refractivity contribution in [2.45, 2.75) is 25.3 Å². The summed E-state index contributed by atoms with van der Waals surface area (Å²) in [5.41, 5.74) is 6.57. The van der Waals surface area contributed by atoms with Crippen LogP contribution in [0.1, 0.15) is 18.9 Å². The second-order valence-electron chi connectivity index (χ2n) is 6.11. The highest BCUT2D eigenvalue weighted by atomic mass is 35.5. The fourth-order valence-corrected chi connectivity index (χ4v) is 2.24. The first-order chi connectivity index (χ1) is 11.5. The van der Waals surface area contributed by atoms with Crippen LogP contribution in [0.15, 0.2) is 48.5 Å². The summed E-state index contributed by atoms with van der Waals surface area (Å²) in [6.07, 6.45) is 1.56. The number of aliphatic hydroxyl groups excluding tert-OH is 1. The van der Waals surface area contributed by atoms with Gasteiger partial charge in [-0.3, -0.25) is 0 Å². The van der Waals surface area contributed by atoms with E-state index in [2.05, 4.69) is 0 Å². The molecular formula is C19H25Cl2NO3. The lowest BCUT2D eigenvalue weighted by Gasteiger charge is -2.21. The molecule has 4 nitrogen and oxygen atoms in total. The number of hydrogen-bond acceptors (Lipinski definition) is 4. The van der Waals surface area contributed by atoms with E-state index in [-0.39, 0.29) is 19.0 Å². The van der Waals surface area contributed by atoms with E-state index in [0.29, 0.717) is 18.2 Å². The van der Waals surface area contributed by atoms with Crippen LogP contribution in [0.25, 0.3) is 0 Å². The Bertz CT molecular complexity index is 616. The molecule has 2 aromatic carbocycles. The fourth-order valence-electron chi connectivity index (χ4n) is 2.11. The molecule has 0 heterocycles. The van der Waals surface area contributed by atoms with Gasteiger partial charge in [-0.25, -0.2) is 0 Å². The van der Waals surface area contributed by atoms with E-state index in [0.717, 1.165) is 24.3 Å². The molecule has 0 aliphatic heterocycles. The zero-order valence-electron chi connectivity index (χ0n) is 14.3. The molecule has 25 heavy (non-hydrogen) atoms. The number of benzene rings is 2. The molecule has 1 atom stereocenters. The molecule has 0 bridgehead atoms. The third kappa shape index (κ3) is 7.97. The zero-order chi connectivity index (χ0) is 17.4. The minimum atomic E-state index is -0.534. The number of nitrogens with two attached hydrogens (primary N) is 1. The highest BCUT2D eigenvalue weighted by molar-refractivity contribution is 6.30. The molecule has 0 aromatic heterocycles. The first kappa shape index (κ1) is 21.6. The van der Waals surface area contributed by atoms with Gasteiger partial charge >= 0.3 is 0 Å². The van der Waals surface area contributed by atoms with Gasteiger partial charge in [0.05, 0.1) is 6.61 Å². The summed E-state index contributed by atoms with van der Waals surface area (Å²) < 4.78 is 11.2. The molecule has 0 saturated carbocycles. The Labute approximate surface area is 160 Å². The van der Waals surface area contributed by atoms with E-state index in [9.17, 15) is 0 Å². The number of hydrogen-bond donors (Lipinski definition) is 2. The summed E-state index contributed by atoms with van der Waals surface area (Å²) in [5.74, 6) is 1.57. The third-order valence-electron chi connectivity index (χ3n) is 3.70. The van der Waals surface area contributed by atoms with Crippen LogP contribution in [0.2, 0.25) is 5.02 Å². The van der Waals surface area contributed by atoms with Crippen LogP contribution in [0.5, 0.6) is 11.5 Å². The maximum atomic E-state index is 9.17. The molecule has 1 unspecified atom stereocenters. The Morgan fingerprint density at radius 2 is 1.44 bits per heavy atom. The van der Waals surface area contributed by atoms with Crippen molar-refractivity contribution in [1.82, 2.24) is 0 Å². The Balaban J connectivity index is 0.00000312. The average molecular weight is 386 g/mol. The maximum absolute atomic E-state index is 9.17. The lowest BCUT2D eigenvalue weighted by atomic mass is 9.95. The second-order valence-corrected chi connectivity index (χ2v) is 6.54. The van der Waals surface area contributed by atoms with Gasteiger partial charge in [-0.1, -0.05) is 23.7 Å². The first-order valence-corrected chi connectivity index (χ1v) is 8.36. The minimum Gasteiger partial charge on any atom is -0.490 e. The number of aryl methyl sites for hydroxylation is 1. The molecule has 0 amide bonds. The summed E-state index contributed by atoms with van der Waals surface area (Å²) >= 11 is 5.82. The van der Waals surface area contributed by atoms with Crippen molar-refractivity contribution >= 4 is 24.0 Å². The summed E-state index contributed by atoms with van der Waals surface area (Å²) in [7, 11) is 0. The van der Waals surface area contributed by atoms with Crippen LogP contribution in [0.4, 0.5) is 0 Å². The normalized spacial score (nSPS) is 12.8. The maximum Gasteiger partial charge on any atom is 0.122 e. The standard InChI is InChI=1S/C19H24ClNO3.ClH/c1-19(21,14-22)11-10-15-2-6-17(7-3-15)23-12-13-24-18-8-4-16(20)5-9-18;/h2-9,22H,10-14,21H2,1H3;1H. The molecule has 2 rings (SSSR count). The average Bonchev–Trinajstić information content (AvgIpc) is 2.59. The Kier molecular flexibility index (Phi) is 9.08. The van der Waals surface area contributed by atoms with E-state index in [1.54, 1.807) is 12.1 Å². The lowest BCUT2D eigenvalue weighted by Crippen LogP contribution is -2.40. The van der Waals surface area contributed by atoms with Crippen LogP contribution < -0.4 is 15.2 Å². The number of aliphatic hydroxyl groups is 1. The lowest BCUT2D eigenvalue weighted by molar-refractivity contribution is 0.200. The predicted octanol–water partition coefficient (Wildman–Crippen LogP) is 3.86. The summed E-state index contributed by atoms with van der Waals surface area (Å²) in [6, 6.07) is 15.1. The van der Waals surface area contributed by atoms with Gasteiger partial charge in [-0.2, -0.15) is 0 Å². The van der Waals surface area contributed by atoms with E-state index in [1.165, 1.54) is 5.56 Å². The molecule has 6 heteroatoms. The smallest absolute Gasteiger partial charge is 0.122 e. The van der Waals surface area contributed by atoms with Gasteiger partial charge in [0.15, 0.2) is 0 Å². The number of halogens is 2. The monoisotopic (exact) mass is 385 g/mol. The minimum absolute atomic E-state index is 0. The topological polar surface area (TPSA) is 64.7 Å². The van der Waals surface area contributed by atoms with Crippen LogP contribution in [-0.4, -0.2) is 30.5 Å². The van der Waals surface area contributed by atoms with E-state index in [1.807, 2.05) is 43.3 Å². The SMILES string of the molecule is CC(N)(CO)CCc1ccc(OCCOc2ccc(Cl)cc2)cc1.Cl. The van der Waals surface area contributed by atoms with Crippen LogP contribution in [0.3, 0.4) is 0 Å². The third-order valence-corrected chi connectivity index (χ3v) is 3.96. The summed E-state index contributed by atoms with van der Waals surface area (Å²) in [6.45, 7) is 2.77. The van der Waals surface area contributed by atoms with Crippen molar-refractivity contribution in [1.29, 1.82) is 0 Å². The number of rotatable bonds is 9. The highest BCUT2D eigenvalue weighted by Gasteiger charge is 2.16. The van der Waals surface area contributed by atoms with Gasteiger partial charge in [-0.05, 0) is 61.7 Å². The molecule has 2 aromatic rings. The molecule has 0 fully saturated rings. The fraction of sp³-hybridized carbons (Fsp3) is 0.368. The van der Waals surface area contributed by atoms with Crippen molar-refractivity contribution in [3.63, 3.8) is 0 Å². The molecular weight excluding hydrogens is 361 g/mol. The van der Waals surface area contributed by atoms with Crippen molar-refractivity contribution in [3.8, 4) is 11.5 Å². The zero-order valence-corrected chi connectivity index (χ0v) is 15.9. The first-order valence-electron chi connectivity index (χ1n) is 7.98. The van der Waals surface area contributed by atoms with Crippen LogP contribution in [0, 0.1) is 0 Å². The summed E-state index contributed by atoms with van der Waals surface area (Å²) in [4.78, 5) is 0. The Hall–Kier alpha value is -1.46. The highest BCUT2D eigenvalue weighted by Crippen LogP contribution is 2.17. The van der Waals surface area contributed by atoms with E-state index in [4.69, 9.17) is 31.9 Å². The van der Waals surface area contributed by atoms with Gasteiger partial charge in [0.2, 0.25) is 0 Å². The largest absolute Gasteiger partial charge is 0.490 e. The molecule has 0 aliphatic carbocycles. The van der Waals surface area contributed by atoms with E-state index >= 15 is 0 Å². The van der Waals surface area contributed by atoms with Crippen molar-refractivity contribution in [2.75, 3.05) is 19.8 Å². The molecule has 0 aliphatic rings. The summed E-state index contributed by atoms with van der Waals surface area (Å²) in [5, 5.41) is 9.86. The molecule has 3 N–H and O–H groups in total. The number of ether oxygens (including phenoxy) is 2. The molecule has 138 valence electrons. The quantitative estimate of drug-likeness (QED) is 0.643. The predicted molar refractivity (Wildman–Crippen MR) is 104 cm³/mol. The van der Waals surface area contributed by atoms with Gasteiger partial charge in [-0.15, -0.1) is 12.4 Å². The van der Waals surface area contributed by atoms with Gasteiger partial charge < -0.3 is 20.3 Å². The Morgan fingerprint density at radius 3 is 1.92 bits per heavy atom. The van der Waals surface area contributed by atoms with Crippen molar-refractivity contribution in [3.05, 3.63) is 59.1 Å². The van der Waals surface area contributed by atoms with Crippen molar-refractivity contribution < 1.29 is 14.6 Å². The molecule has 0 saturated heterocycles. The van der Waals surface area contributed by atoms with E-state index < -0.39 is 5.54 Å². The second kappa shape index (κ2) is 10.5. The van der Waals surface area contributed by atoms with Crippen LogP contribution in [-0.2, 0) is 6.42 Å². The molecule has 0 radical (unpaired) electrons. The van der Waals surface area contributed by atoms with Gasteiger partial charge in [0.25, 0.3) is 0 Å². The van der Waals surface area contributed by atoms with Crippen molar-refractivity contribution in [2.24, 2.45) is 5.73 Å². The molecule has 0 spiro atoms. The Morgan fingerprint density at radius 1 is 0.960 bits per heavy atom. The van der Waals surface area contributed by atoms with Crippen LogP contribution >= 0.6 is 24.0 Å². The van der Waals surface area contributed by atoms with Gasteiger partial charge in [0, 0.05) is 10.6 Å².